The van der Waals surface area contributed by atoms with Crippen LogP contribution in [-0.2, 0) is 6.42 Å². The average Bonchev–Trinajstić information content (AvgIpc) is 2.21. The first-order chi connectivity index (χ1) is 7.52. The van der Waals surface area contributed by atoms with Crippen LogP contribution in [0, 0.1) is 35.0 Å². The minimum absolute atomic E-state index is 0.0757. The lowest BCUT2D eigenvalue weighted by atomic mass is 9.93. The molecule has 0 aliphatic carbocycles. The maximum absolute atomic E-state index is 13.2. The van der Waals surface area contributed by atoms with E-state index in [-0.39, 0.29) is 12.3 Å². The van der Waals surface area contributed by atoms with Crippen LogP contribution in [0.2, 0.25) is 0 Å². The summed E-state index contributed by atoms with van der Waals surface area (Å²) < 4.78 is 64.7. The molecule has 1 heterocycles. The monoisotopic (exact) mass is 237 g/mol. The van der Waals surface area contributed by atoms with E-state index in [1.54, 1.807) is 0 Å². The zero-order chi connectivity index (χ0) is 11.9. The molecule has 1 nitrogen and oxygen atoms in total. The number of nitrogens with one attached hydrogen (secondary N) is 1. The molecule has 0 radical (unpaired) electrons. The van der Waals surface area contributed by atoms with Crippen molar-refractivity contribution < 1.29 is 22.0 Å². The Morgan fingerprint density at radius 1 is 0.812 bits per heavy atom. The van der Waals surface area contributed by atoms with Gasteiger partial charge in [-0.3, -0.25) is 0 Å². The summed E-state index contributed by atoms with van der Waals surface area (Å²) >= 11 is 0. The van der Waals surface area contributed by atoms with Gasteiger partial charge < -0.3 is 5.32 Å². The van der Waals surface area contributed by atoms with Crippen molar-refractivity contribution >= 4 is 0 Å². The second-order valence-corrected chi connectivity index (χ2v) is 3.78. The van der Waals surface area contributed by atoms with Crippen molar-refractivity contribution in [2.45, 2.75) is 6.42 Å². The summed E-state index contributed by atoms with van der Waals surface area (Å²) in [6.07, 6.45) is -0.140. The summed E-state index contributed by atoms with van der Waals surface area (Å²) in [7, 11) is 0. The molecular formula is C10H8F5N. The van der Waals surface area contributed by atoms with Crippen LogP contribution in [0.1, 0.15) is 5.56 Å². The molecule has 1 aromatic rings. The van der Waals surface area contributed by atoms with E-state index in [9.17, 15) is 22.0 Å². The van der Waals surface area contributed by atoms with Gasteiger partial charge in [0.25, 0.3) is 0 Å². The lowest BCUT2D eigenvalue weighted by molar-refractivity contribution is 0.322. The average molecular weight is 237 g/mol. The van der Waals surface area contributed by atoms with Crippen molar-refractivity contribution in [1.29, 1.82) is 0 Å². The van der Waals surface area contributed by atoms with Crippen molar-refractivity contribution in [1.82, 2.24) is 5.32 Å². The quantitative estimate of drug-likeness (QED) is 0.472. The topological polar surface area (TPSA) is 12.0 Å². The van der Waals surface area contributed by atoms with Crippen LogP contribution in [-0.4, -0.2) is 13.1 Å². The zero-order valence-corrected chi connectivity index (χ0v) is 8.09. The molecule has 16 heavy (non-hydrogen) atoms. The van der Waals surface area contributed by atoms with Crippen molar-refractivity contribution in [2.24, 2.45) is 5.92 Å². The van der Waals surface area contributed by atoms with E-state index in [2.05, 4.69) is 5.32 Å². The molecular weight excluding hydrogens is 229 g/mol. The Morgan fingerprint density at radius 2 is 1.25 bits per heavy atom. The molecule has 0 atom stereocenters. The van der Waals surface area contributed by atoms with Crippen molar-refractivity contribution in [2.75, 3.05) is 13.1 Å². The van der Waals surface area contributed by atoms with Gasteiger partial charge in [-0.2, -0.15) is 0 Å². The lowest BCUT2D eigenvalue weighted by Gasteiger charge is -2.27. The number of hydrogen-bond acceptors (Lipinski definition) is 1. The van der Waals surface area contributed by atoms with Gasteiger partial charge in [0.15, 0.2) is 23.3 Å². The predicted octanol–water partition coefficient (Wildman–Crippen LogP) is 2.14. The van der Waals surface area contributed by atoms with Gasteiger partial charge in [-0.25, -0.2) is 22.0 Å². The molecule has 1 aliphatic rings. The third kappa shape index (κ3) is 1.67. The highest BCUT2D eigenvalue weighted by molar-refractivity contribution is 5.24. The summed E-state index contributed by atoms with van der Waals surface area (Å²) in [5.74, 6) is -9.37. The first-order valence-electron chi connectivity index (χ1n) is 4.73. The van der Waals surface area contributed by atoms with Crippen LogP contribution in [0.4, 0.5) is 22.0 Å². The smallest absolute Gasteiger partial charge is 0.200 e. The predicted molar refractivity (Wildman–Crippen MR) is 46.3 cm³/mol. The SMILES string of the molecule is Fc1c(F)c(F)c(CC2CNC2)c(F)c1F. The van der Waals surface area contributed by atoms with Gasteiger partial charge in [0, 0.05) is 5.56 Å². The zero-order valence-electron chi connectivity index (χ0n) is 8.09. The fourth-order valence-corrected chi connectivity index (χ4v) is 1.61. The van der Waals surface area contributed by atoms with E-state index in [0.29, 0.717) is 13.1 Å². The molecule has 1 aromatic carbocycles. The molecule has 1 aliphatic heterocycles. The Hall–Kier alpha value is -1.17. The Labute approximate surface area is 88.3 Å². The van der Waals surface area contributed by atoms with Gasteiger partial charge in [0.1, 0.15) is 0 Å². The lowest BCUT2D eigenvalue weighted by Crippen LogP contribution is -2.43. The van der Waals surface area contributed by atoms with E-state index < -0.39 is 34.6 Å². The van der Waals surface area contributed by atoms with Crippen LogP contribution in [0.3, 0.4) is 0 Å². The van der Waals surface area contributed by atoms with Gasteiger partial charge in [-0.05, 0) is 25.4 Å². The van der Waals surface area contributed by atoms with Crippen LogP contribution in [0.5, 0.6) is 0 Å². The molecule has 88 valence electrons. The number of hydrogen-bond donors (Lipinski definition) is 1. The minimum Gasteiger partial charge on any atom is -0.316 e. The third-order valence-corrected chi connectivity index (χ3v) is 2.66. The normalized spacial score (nSPS) is 16.3. The van der Waals surface area contributed by atoms with Gasteiger partial charge in [-0.1, -0.05) is 0 Å². The van der Waals surface area contributed by atoms with Crippen molar-refractivity contribution in [3.63, 3.8) is 0 Å². The Bertz CT molecular complexity index is 399. The van der Waals surface area contributed by atoms with E-state index in [1.165, 1.54) is 0 Å². The van der Waals surface area contributed by atoms with Gasteiger partial charge in [0.05, 0.1) is 0 Å². The molecule has 0 bridgehead atoms. The van der Waals surface area contributed by atoms with Gasteiger partial charge in [-0.15, -0.1) is 0 Å². The van der Waals surface area contributed by atoms with Crippen molar-refractivity contribution in [3.8, 4) is 0 Å². The van der Waals surface area contributed by atoms with E-state index in [4.69, 9.17) is 0 Å². The number of benzene rings is 1. The second kappa shape index (κ2) is 4.01. The summed E-state index contributed by atoms with van der Waals surface area (Å²) in [5.41, 5.74) is -0.720. The minimum atomic E-state index is -2.11. The maximum Gasteiger partial charge on any atom is 0.200 e. The molecule has 1 saturated heterocycles. The third-order valence-electron chi connectivity index (χ3n) is 2.66. The van der Waals surface area contributed by atoms with E-state index in [0.717, 1.165) is 0 Å². The van der Waals surface area contributed by atoms with Crippen LogP contribution >= 0.6 is 0 Å². The second-order valence-electron chi connectivity index (χ2n) is 3.78. The fourth-order valence-electron chi connectivity index (χ4n) is 1.61. The van der Waals surface area contributed by atoms with Gasteiger partial charge >= 0.3 is 0 Å². The van der Waals surface area contributed by atoms with Crippen LogP contribution in [0.15, 0.2) is 0 Å². The summed E-state index contributed by atoms with van der Waals surface area (Å²) in [5, 5.41) is 2.85. The summed E-state index contributed by atoms with van der Waals surface area (Å²) in [6, 6.07) is 0. The van der Waals surface area contributed by atoms with Crippen LogP contribution in [0.25, 0.3) is 0 Å². The molecule has 6 heteroatoms. The molecule has 2 rings (SSSR count). The summed E-state index contributed by atoms with van der Waals surface area (Å²) in [6.45, 7) is 1.05. The number of halogens is 5. The Morgan fingerprint density at radius 3 is 1.62 bits per heavy atom. The first-order valence-corrected chi connectivity index (χ1v) is 4.73. The molecule has 0 amide bonds. The van der Waals surface area contributed by atoms with E-state index in [1.807, 2.05) is 0 Å². The molecule has 1 fully saturated rings. The Balaban J connectivity index is 2.42. The highest BCUT2D eigenvalue weighted by Gasteiger charge is 2.28. The van der Waals surface area contributed by atoms with Crippen LogP contribution < -0.4 is 5.32 Å². The maximum atomic E-state index is 13.2. The largest absolute Gasteiger partial charge is 0.316 e. The first kappa shape index (κ1) is 11.3. The molecule has 1 N–H and O–H groups in total. The molecule has 0 aromatic heterocycles. The molecule has 0 saturated carbocycles. The number of rotatable bonds is 2. The fraction of sp³-hybridized carbons (Fsp3) is 0.400. The van der Waals surface area contributed by atoms with Crippen molar-refractivity contribution in [3.05, 3.63) is 34.6 Å². The molecule has 0 spiro atoms. The van der Waals surface area contributed by atoms with E-state index >= 15 is 0 Å². The Kier molecular flexibility index (Phi) is 2.84. The highest BCUT2D eigenvalue weighted by atomic mass is 19.2. The molecule has 0 unspecified atom stereocenters. The standard InChI is InChI=1S/C10H8F5N/c11-6-5(1-4-2-16-3-4)7(12)9(14)10(15)8(6)13/h4,16H,1-3H2. The highest BCUT2D eigenvalue weighted by Crippen LogP contribution is 2.25. The summed E-state index contributed by atoms with van der Waals surface area (Å²) in [4.78, 5) is 0. The van der Waals surface area contributed by atoms with Gasteiger partial charge in [0.2, 0.25) is 5.82 Å².